The van der Waals surface area contributed by atoms with Crippen LogP contribution in [0.5, 0.6) is 5.75 Å². The summed E-state index contributed by atoms with van der Waals surface area (Å²) in [6, 6.07) is 7.25. The average Bonchev–Trinajstić information content (AvgIpc) is 2.29. The van der Waals surface area contributed by atoms with Gasteiger partial charge in [-0.1, -0.05) is 18.2 Å². The van der Waals surface area contributed by atoms with Gasteiger partial charge in [0.15, 0.2) is 0 Å². The molecule has 92 valence electrons. The Hall–Kier alpha value is -1.55. The van der Waals surface area contributed by atoms with E-state index in [4.69, 9.17) is 9.47 Å². The van der Waals surface area contributed by atoms with Gasteiger partial charge in [-0.25, -0.2) is 0 Å². The number of para-hydroxylation sites is 1. The molecule has 0 bridgehead atoms. The van der Waals surface area contributed by atoms with E-state index in [9.17, 15) is 9.90 Å². The van der Waals surface area contributed by atoms with E-state index in [-0.39, 0.29) is 12.4 Å². The van der Waals surface area contributed by atoms with Gasteiger partial charge in [-0.3, -0.25) is 4.79 Å². The van der Waals surface area contributed by atoms with Crippen LogP contribution in [0.3, 0.4) is 0 Å². The summed E-state index contributed by atoms with van der Waals surface area (Å²) in [6.45, 7) is 2.49. The molecule has 2 rings (SSSR count). The predicted molar refractivity (Wildman–Crippen MR) is 61.7 cm³/mol. The Morgan fingerprint density at radius 2 is 2.29 bits per heavy atom. The lowest BCUT2D eigenvalue weighted by atomic mass is 9.85. The normalized spacial score (nSPS) is 22.5. The fourth-order valence-electron chi connectivity index (χ4n) is 2.08. The van der Waals surface area contributed by atoms with Gasteiger partial charge < -0.3 is 14.6 Å². The van der Waals surface area contributed by atoms with Gasteiger partial charge >= 0.3 is 5.97 Å². The smallest absolute Gasteiger partial charge is 0.309 e. The van der Waals surface area contributed by atoms with Crippen molar-refractivity contribution in [3.05, 3.63) is 29.8 Å². The van der Waals surface area contributed by atoms with Crippen LogP contribution in [-0.2, 0) is 15.1 Å². The lowest BCUT2D eigenvalue weighted by molar-refractivity contribution is -0.150. The van der Waals surface area contributed by atoms with Crippen LogP contribution in [0.25, 0.3) is 0 Å². The van der Waals surface area contributed by atoms with Crippen LogP contribution in [0.1, 0.15) is 25.3 Å². The lowest BCUT2D eigenvalue weighted by Crippen LogP contribution is -2.35. The molecule has 0 amide bonds. The van der Waals surface area contributed by atoms with Crippen molar-refractivity contribution in [2.24, 2.45) is 0 Å². The highest BCUT2D eigenvalue weighted by molar-refractivity contribution is 5.71. The molecule has 1 aliphatic rings. The standard InChI is InChI=1S/C13H16O4/c1-2-16-12(14)9-13(15)7-8-17-11-6-4-3-5-10(11)13/h3-6,15H,2,7-9H2,1H3. The highest BCUT2D eigenvalue weighted by atomic mass is 16.5. The molecule has 0 radical (unpaired) electrons. The van der Waals surface area contributed by atoms with Crippen LogP contribution in [0.4, 0.5) is 0 Å². The third-order valence-electron chi connectivity index (χ3n) is 2.90. The second-order valence-electron chi connectivity index (χ2n) is 4.11. The SMILES string of the molecule is CCOC(=O)CC1(O)CCOc2ccccc21. The number of carbonyl (C=O) groups excluding carboxylic acids is 1. The average molecular weight is 236 g/mol. The van der Waals surface area contributed by atoms with E-state index in [0.29, 0.717) is 30.9 Å². The molecule has 4 nitrogen and oxygen atoms in total. The van der Waals surface area contributed by atoms with Crippen molar-refractivity contribution in [3.8, 4) is 5.75 Å². The number of aliphatic hydroxyl groups is 1. The third-order valence-corrected chi connectivity index (χ3v) is 2.90. The molecule has 1 unspecified atom stereocenters. The van der Waals surface area contributed by atoms with Crippen LogP contribution in [0.15, 0.2) is 24.3 Å². The van der Waals surface area contributed by atoms with Gasteiger partial charge in [0.1, 0.15) is 11.4 Å². The van der Waals surface area contributed by atoms with E-state index < -0.39 is 5.60 Å². The summed E-state index contributed by atoms with van der Waals surface area (Å²) in [5.74, 6) is 0.261. The molecule has 0 saturated heterocycles. The van der Waals surface area contributed by atoms with Crippen LogP contribution < -0.4 is 4.74 Å². The molecule has 1 atom stereocenters. The molecule has 17 heavy (non-hydrogen) atoms. The fraction of sp³-hybridized carbons (Fsp3) is 0.462. The quantitative estimate of drug-likeness (QED) is 0.810. The van der Waals surface area contributed by atoms with Crippen molar-refractivity contribution < 1.29 is 19.4 Å². The number of benzene rings is 1. The van der Waals surface area contributed by atoms with E-state index >= 15 is 0 Å². The van der Waals surface area contributed by atoms with Gasteiger partial charge in [-0.2, -0.15) is 0 Å². The summed E-state index contributed by atoms with van der Waals surface area (Å²) in [6.07, 6.45) is 0.379. The van der Waals surface area contributed by atoms with Crippen LogP contribution in [-0.4, -0.2) is 24.3 Å². The molecule has 1 aliphatic heterocycles. The summed E-state index contributed by atoms with van der Waals surface area (Å²) in [5.41, 5.74) is -0.500. The maximum Gasteiger partial charge on any atom is 0.309 e. The first-order valence-electron chi connectivity index (χ1n) is 5.76. The summed E-state index contributed by atoms with van der Waals surface area (Å²) in [4.78, 5) is 11.5. The fourth-order valence-corrected chi connectivity index (χ4v) is 2.08. The maximum atomic E-state index is 11.5. The van der Waals surface area contributed by atoms with Gasteiger partial charge in [-0.15, -0.1) is 0 Å². The second kappa shape index (κ2) is 4.75. The van der Waals surface area contributed by atoms with Crippen LogP contribution >= 0.6 is 0 Å². The monoisotopic (exact) mass is 236 g/mol. The van der Waals surface area contributed by atoms with Crippen molar-refractivity contribution in [1.29, 1.82) is 0 Å². The molecule has 1 N–H and O–H groups in total. The van der Waals surface area contributed by atoms with E-state index in [1.165, 1.54) is 0 Å². The number of carbonyl (C=O) groups is 1. The first-order chi connectivity index (χ1) is 8.15. The zero-order valence-electron chi connectivity index (χ0n) is 9.81. The largest absolute Gasteiger partial charge is 0.493 e. The van der Waals surface area contributed by atoms with Gasteiger partial charge in [0.2, 0.25) is 0 Å². The number of fused-ring (bicyclic) bond motifs is 1. The molecule has 0 aliphatic carbocycles. The molecule has 1 aromatic carbocycles. The summed E-state index contributed by atoms with van der Waals surface area (Å²) in [7, 11) is 0. The first-order valence-corrected chi connectivity index (χ1v) is 5.76. The molecule has 1 aromatic rings. The number of hydrogen-bond donors (Lipinski definition) is 1. The lowest BCUT2D eigenvalue weighted by Gasteiger charge is -2.33. The van der Waals surface area contributed by atoms with Crippen molar-refractivity contribution in [1.82, 2.24) is 0 Å². The number of hydrogen-bond acceptors (Lipinski definition) is 4. The Labute approximate surface area is 100 Å². The maximum absolute atomic E-state index is 11.5. The second-order valence-corrected chi connectivity index (χ2v) is 4.11. The minimum Gasteiger partial charge on any atom is -0.493 e. The van der Waals surface area contributed by atoms with Gasteiger partial charge in [0.25, 0.3) is 0 Å². The van der Waals surface area contributed by atoms with Crippen molar-refractivity contribution in [2.75, 3.05) is 13.2 Å². The molecule has 0 saturated carbocycles. The number of ether oxygens (including phenoxy) is 2. The molecule has 0 spiro atoms. The van der Waals surface area contributed by atoms with Crippen molar-refractivity contribution >= 4 is 5.97 Å². The molecule has 1 heterocycles. The highest BCUT2D eigenvalue weighted by Crippen LogP contribution is 2.39. The molecular formula is C13H16O4. The topological polar surface area (TPSA) is 55.8 Å². The summed E-state index contributed by atoms with van der Waals surface area (Å²) in [5, 5.41) is 10.5. The summed E-state index contributed by atoms with van der Waals surface area (Å²) < 4.78 is 10.3. The Morgan fingerprint density at radius 1 is 1.53 bits per heavy atom. The van der Waals surface area contributed by atoms with E-state index in [1.54, 1.807) is 19.1 Å². The van der Waals surface area contributed by atoms with E-state index in [1.807, 2.05) is 12.1 Å². The Balaban J connectivity index is 2.23. The zero-order chi connectivity index (χ0) is 12.3. The number of rotatable bonds is 3. The van der Waals surface area contributed by atoms with Crippen molar-refractivity contribution in [3.63, 3.8) is 0 Å². The van der Waals surface area contributed by atoms with Crippen molar-refractivity contribution in [2.45, 2.75) is 25.4 Å². The molecule has 4 heteroatoms. The highest BCUT2D eigenvalue weighted by Gasteiger charge is 2.37. The predicted octanol–water partition coefficient (Wildman–Crippen LogP) is 1.61. The summed E-state index contributed by atoms with van der Waals surface area (Å²) >= 11 is 0. The molecule has 0 aromatic heterocycles. The van der Waals surface area contributed by atoms with E-state index in [2.05, 4.69) is 0 Å². The van der Waals surface area contributed by atoms with Gasteiger partial charge in [0.05, 0.1) is 19.6 Å². The Morgan fingerprint density at radius 3 is 3.06 bits per heavy atom. The molecule has 0 fully saturated rings. The van der Waals surface area contributed by atoms with Gasteiger partial charge in [0, 0.05) is 12.0 Å². The minimum absolute atomic E-state index is 0.0266. The van der Waals surface area contributed by atoms with Crippen LogP contribution in [0, 0.1) is 0 Å². The number of esters is 1. The van der Waals surface area contributed by atoms with Gasteiger partial charge in [-0.05, 0) is 13.0 Å². The minimum atomic E-state index is -1.17. The van der Waals surface area contributed by atoms with Crippen LogP contribution in [0.2, 0.25) is 0 Å². The molecular weight excluding hydrogens is 220 g/mol. The first kappa shape index (κ1) is 11.9. The zero-order valence-corrected chi connectivity index (χ0v) is 9.81. The van der Waals surface area contributed by atoms with E-state index in [0.717, 1.165) is 0 Å². The Kier molecular flexibility index (Phi) is 3.33. The Bertz CT molecular complexity index is 416. The third kappa shape index (κ3) is 2.42.